The Morgan fingerprint density at radius 1 is 1.00 bits per heavy atom. The summed E-state index contributed by atoms with van der Waals surface area (Å²) in [5, 5.41) is 20.4. The number of aliphatic hydroxyl groups is 1. The minimum Gasteiger partial charge on any atom is -0.438 e. The third-order valence-corrected chi connectivity index (χ3v) is 4.86. The molecule has 33 heavy (non-hydrogen) atoms. The molecule has 0 radical (unpaired) electrons. The zero-order chi connectivity index (χ0) is 23.2. The quantitative estimate of drug-likeness (QED) is 0.405. The number of nitrogens with zero attached hydrogens (tertiary/aromatic N) is 5. The predicted molar refractivity (Wildman–Crippen MR) is 122 cm³/mol. The Bertz CT molecular complexity index is 1340. The molecule has 0 saturated heterocycles. The topological polar surface area (TPSA) is 124 Å². The minimum absolute atomic E-state index is 0.0664. The van der Waals surface area contributed by atoms with Crippen LogP contribution in [0.5, 0.6) is 11.6 Å². The van der Waals surface area contributed by atoms with Crippen LogP contribution in [0, 0.1) is 0 Å². The second-order valence-corrected chi connectivity index (χ2v) is 7.34. The molecule has 0 aliphatic rings. The third-order valence-electron chi connectivity index (χ3n) is 4.61. The summed E-state index contributed by atoms with van der Waals surface area (Å²) in [6.07, 6.45) is 1.55. The molecule has 11 heteroatoms. The molecule has 0 spiro atoms. The highest BCUT2D eigenvalue weighted by Crippen LogP contribution is 2.22. The normalized spacial score (nSPS) is 10.7. The molecule has 2 heterocycles. The molecule has 0 atom stereocenters. The van der Waals surface area contributed by atoms with Crippen LogP contribution in [0.15, 0.2) is 76.4 Å². The van der Waals surface area contributed by atoms with Gasteiger partial charge in [0.15, 0.2) is 0 Å². The molecule has 0 bridgehead atoms. The van der Waals surface area contributed by atoms with Crippen molar-refractivity contribution >= 4 is 23.2 Å². The highest BCUT2D eigenvalue weighted by molar-refractivity contribution is 6.30. The zero-order valence-electron chi connectivity index (χ0n) is 17.3. The summed E-state index contributed by atoms with van der Waals surface area (Å²) >= 11 is 5.95. The van der Waals surface area contributed by atoms with Crippen molar-refractivity contribution in [3.63, 3.8) is 0 Å². The van der Waals surface area contributed by atoms with Gasteiger partial charge in [0.2, 0.25) is 11.8 Å². The number of hydrogen-bond donors (Lipinski definition) is 2. The summed E-state index contributed by atoms with van der Waals surface area (Å²) in [6.45, 7) is -0.372. The summed E-state index contributed by atoms with van der Waals surface area (Å²) in [5.41, 5.74) is 0.0152. The van der Waals surface area contributed by atoms with Gasteiger partial charge in [-0.1, -0.05) is 23.7 Å². The summed E-state index contributed by atoms with van der Waals surface area (Å²) in [5.74, 6) is 0.951. The van der Waals surface area contributed by atoms with Gasteiger partial charge in [-0.05, 0) is 48.0 Å². The van der Waals surface area contributed by atoms with E-state index in [1.54, 1.807) is 66.9 Å². The molecule has 168 valence electrons. The second kappa shape index (κ2) is 10.1. The molecule has 0 amide bonds. The van der Waals surface area contributed by atoms with Gasteiger partial charge in [-0.2, -0.15) is 10.1 Å². The van der Waals surface area contributed by atoms with Crippen LogP contribution in [0.3, 0.4) is 0 Å². The Morgan fingerprint density at radius 3 is 2.42 bits per heavy atom. The minimum atomic E-state index is -0.758. The third kappa shape index (κ3) is 5.43. The monoisotopic (exact) mass is 466 g/mol. The highest BCUT2D eigenvalue weighted by Gasteiger charge is 2.14. The molecule has 2 aromatic carbocycles. The van der Waals surface area contributed by atoms with Crippen molar-refractivity contribution in [3.8, 4) is 11.6 Å². The van der Waals surface area contributed by atoms with Crippen LogP contribution in [0.25, 0.3) is 0 Å². The van der Waals surface area contributed by atoms with Crippen LogP contribution in [0.2, 0.25) is 5.02 Å². The standard InChI is InChI=1S/C22H19ClN6O4/c23-16-5-3-15(4-6-16)14-29-20(26-21(31)28(12-13-30)22(29)32)25-17-7-9-18(10-8-17)33-19-2-1-11-24-27-19/h1-11,30H,12-14H2,(H,25,26,31). The van der Waals surface area contributed by atoms with E-state index < -0.39 is 11.4 Å². The lowest BCUT2D eigenvalue weighted by atomic mass is 10.2. The summed E-state index contributed by atoms with van der Waals surface area (Å²) < 4.78 is 7.83. The highest BCUT2D eigenvalue weighted by atomic mass is 35.5. The Balaban J connectivity index is 1.64. The van der Waals surface area contributed by atoms with Crippen molar-refractivity contribution in [1.29, 1.82) is 0 Å². The van der Waals surface area contributed by atoms with E-state index in [4.69, 9.17) is 16.3 Å². The maximum Gasteiger partial charge on any atom is 0.355 e. The van der Waals surface area contributed by atoms with Gasteiger partial charge in [0.1, 0.15) is 5.75 Å². The number of aliphatic hydroxyl groups excluding tert-OH is 1. The summed E-state index contributed by atoms with van der Waals surface area (Å²) in [6, 6.07) is 17.2. The first-order valence-electron chi connectivity index (χ1n) is 9.93. The van der Waals surface area contributed by atoms with E-state index >= 15 is 0 Å². The lowest BCUT2D eigenvalue weighted by molar-refractivity contribution is 0.268. The SMILES string of the molecule is O=c1nc(Nc2ccc(Oc3cccnn3)cc2)n(Cc2ccc(Cl)cc2)c(=O)n1CCO. The van der Waals surface area contributed by atoms with Gasteiger partial charge in [-0.25, -0.2) is 14.2 Å². The van der Waals surface area contributed by atoms with Crippen molar-refractivity contribution < 1.29 is 9.84 Å². The molecule has 0 aliphatic heterocycles. The number of aromatic nitrogens is 5. The number of rotatable bonds is 8. The van der Waals surface area contributed by atoms with Gasteiger partial charge in [-0.15, -0.1) is 5.10 Å². The average molecular weight is 467 g/mol. The van der Waals surface area contributed by atoms with Gasteiger partial charge in [-0.3, -0.25) is 4.57 Å². The van der Waals surface area contributed by atoms with Crippen LogP contribution in [-0.2, 0) is 13.1 Å². The number of ether oxygens (including phenoxy) is 1. The smallest absolute Gasteiger partial charge is 0.355 e. The van der Waals surface area contributed by atoms with E-state index in [0.29, 0.717) is 22.3 Å². The molecule has 4 rings (SSSR count). The second-order valence-electron chi connectivity index (χ2n) is 6.90. The van der Waals surface area contributed by atoms with E-state index in [-0.39, 0.29) is 25.6 Å². The van der Waals surface area contributed by atoms with Crippen LogP contribution in [0.4, 0.5) is 11.6 Å². The average Bonchev–Trinajstić information content (AvgIpc) is 2.82. The Morgan fingerprint density at radius 2 is 1.76 bits per heavy atom. The van der Waals surface area contributed by atoms with Crippen LogP contribution >= 0.6 is 11.6 Å². The van der Waals surface area contributed by atoms with E-state index in [2.05, 4.69) is 20.5 Å². The fraction of sp³-hybridized carbons (Fsp3) is 0.136. The molecular formula is C22H19ClN6O4. The van der Waals surface area contributed by atoms with Crippen molar-refractivity contribution in [1.82, 2.24) is 24.3 Å². The number of hydrogen-bond acceptors (Lipinski definition) is 8. The lowest BCUT2D eigenvalue weighted by Crippen LogP contribution is -2.43. The zero-order valence-corrected chi connectivity index (χ0v) is 18.0. The first kappa shape index (κ1) is 22.2. The molecule has 0 unspecified atom stereocenters. The number of benzene rings is 2. The maximum atomic E-state index is 13.0. The molecule has 2 aromatic heterocycles. The number of nitrogens with one attached hydrogen (secondary N) is 1. The molecule has 0 saturated carbocycles. The first-order valence-corrected chi connectivity index (χ1v) is 10.3. The van der Waals surface area contributed by atoms with Crippen LogP contribution in [0.1, 0.15) is 5.56 Å². The van der Waals surface area contributed by atoms with Crippen molar-refractivity contribution in [3.05, 3.63) is 98.4 Å². The fourth-order valence-corrected chi connectivity index (χ4v) is 3.16. The van der Waals surface area contributed by atoms with Gasteiger partial charge in [0.25, 0.3) is 0 Å². The molecule has 10 nitrogen and oxygen atoms in total. The van der Waals surface area contributed by atoms with Crippen molar-refractivity contribution in [2.45, 2.75) is 13.1 Å². The number of anilines is 2. The molecule has 4 aromatic rings. The van der Waals surface area contributed by atoms with Crippen molar-refractivity contribution in [2.75, 3.05) is 11.9 Å². The van der Waals surface area contributed by atoms with E-state index in [9.17, 15) is 14.7 Å². The fourth-order valence-electron chi connectivity index (χ4n) is 3.03. The molecule has 0 aliphatic carbocycles. The largest absolute Gasteiger partial charge is 0.438 e. The van der Waals surface area contributed by atoms with Crippen molar-refractivity contribution in [2.24, 2.45) is 0 Å². The Kier molecular flexibility index (Phi) is 6.77. The van der Waals surface area contributed by atoms with E-state index in [1.807, 2.05) is 0 Å². The summed E-state index contributed by atoms with van der Waals surface area (Å²) in [7, 11) is 0. The van der Waals surface area contributed by atoms with Gasteiger partial charge in [0.05, 0.1) is 19.7 Å². The van der Waals surface area contributed by atoms with E-state index in [0.717, 1.165) is 10.1 Å². The molecular weight excluding hydrogens is 448 g/mol. The number of halogens is 1. The van der Waals surface area contributed by atoms with Gasteiger partial charge >= 0.3 is 11.4 Å². The Hall–Kier alpha value is -4.02. The molecule has 0 fully saturated rings. The van der Waals surface area contributed by atoms with Crippen LogP contribution < -0.4 is 21.4 Å². The van der Waals surface area contributed by atoms with Gasteiger partial charge < -0.3 is 15.2 Å². The first-order chi connectivity index (χ1) is 16.0. The molecule has 2 N–H and O–H groups in total. The van der Waals surface area contributed by atoms with Gasteiger partial charge in [0, 0.05) is 23.0 Å². The maximum absolute atomic E-state index is 13.0. The van der Waals surface area contributed by atoms with Crippen LogP contribution in [-0.4, -0.2) is 36.0 Å². The lowest BCUT2D eigenvalue weighted by Gasteiger charge is -2.15. The Labute approximate surface area is 192 Å². The summed E-state index contributed by atoms with van der Waals surface area (Å²) in [4.78, 5) is 29.4. The van der Waals surface area contributed by atoms with E-state index in [1.165, 1.54) is 4.57 Å². The predicted octanol–water partition coefficient (Wildman–Crippen LogP) is 2.42.